The summed E-state index contributed by atoms with van der Waals surface area (Å²) in [5.41, 5.74) is 0. The first kappa shape index (κ1) is 79.4. The predicted octanol–water partition coefficient (Wildman–Crippen LogP) is 20.7. The summed E-state index contributed by atoms with van der Waals surface area (Å²) in [5, 5.41) is 0. The van der Waals surface area contributed by atoms with E-state index in [2.05, 4.69) is 184 Å². The molecule has 0 bridgehead atoms. The molecule has 2 unspecified atom stereocenters. The first-order valence-corrected chi connectivity index (χ1v) is 34.3. The first-order chi connectivity index (χ1) is 41.0. The fraction of sp³-hybridized carbons (Fsp3) is 0.595. The van der Waals surface area contributed by atoms with E-state index in [1.165, 1.54) is 57.8 Å². The predicted molar refractivity (Wildman–Crippen MR) is 360 cm³/mol. The number of esters is 2. The molecule has 84 heavy (non-hydrogen) atoms. The van der Waals surface area contributed by atoms with Crippen molar-refractivity contribution >= 4 is 19.8 Å². The number of phosphoric acid groups is 1. The number of likely N-dealkylation sites (N-methyl/N-ethyl adjacent to an activating group) is 1. The molecule has 0 aromatic heterocycles. The lowest BCUT2D eigenvalue weighted by Gasteiger charge is -2.28. The smallest absolute Gasteiger partial charge is 0.306 e. The number of ether oxygens (including phenoxy) is 2. The van der Waals surface area contributed by atoms with Crippen LogP contribution in [0.15, 0.2) is 170 Å². The molecular weight excluding hydrogens is 1060 g/mol. The van der Waals surface area contributed by atoms with Gasteiger partial charge in [-0.25, -0.2) is 0 Å². The summed E-state index contributed by atoms with van der Waals surface area (Å²) >= 11 is 0. The van der Waals surface area contributed by atoms with Crippen molar-refractivity contribution in [1.82, 2.24) is 0 Å². The average Bonchev–Trinajstić information content (AvgIpc) is 3.61. The molecule has 0 radical (unpaired) electrons. The van der Waals surface area contributed by atoms with E-state index in [4.69, 9.17) is 18.5 Å². The summed E-state index contributed by atoms with van der Waals surface area (Å²) in [4.78, 5) is 37.9. The Balaban J connectivity index is 4.20. The van der Waals surface area contributed by atoms with Gasteiger partial charge in [-0.3, -0.25) is 14.2 Å². The highest BCUT2D eigenvalue weighted by Gasteiger charge is 2.22. The maximum Gasteiger partial charge on any atom is 0.306 e. The van der Waals surface area contributed by atoms with E-state index in [1.54, 1.807) is 0 Å². The topological polar surface area (TPSA) is 111 Å². The van der Waals surface area contributed by atoms with Gasteiger partial charge in [0.1, 0.15) is 19.8 Å². The van der Waals surface area contributed by atoms with E-state index in [1.807, 2.05) is 21.1 Å². The molecule has 0 aliphatic rings. The zero-order chi connectivity index (χ0) is 61.2. The van der Waals surface area contributed by atoms with Crippen LogP contribution in [0.3, 0.4) is 0 Å². The third-order valence-electron chi connectivity index (χ3n) is 13.2. The second-order valence-electron chi connectivity index (χ2n) is 22.4. The Bertz CT molecular complexity index is 2020. The number of hydrogen-bond donors (Lipinski definition) is 0. The summed E-state index contributed by atoms with van der Waals surface area (Å²) in [6, 6.07) is 0. The largest absolute Gasteiger partial charge is 0.756 e. The van der Waals surface area contributed by atoms with Crippen molar-refractivity contribution in [3.05, 3.63) is 170 Å². The molecule has 0 amide bonds. The van der Waals surface area contributed by atoms with Crippen molar-refractivity contribution in [2.24, 2.45) is 0 Å². The molecule has 0 saturated carbocycles. The Kier molecular flexibility index (Phi) is 59.4. The van der Waals surface area contributed by atoms with Crippen molar-refractivity contribution < 1.29 is 42.1 Å². The minimum absolute atomic E-state index is 0.0458. The van der Waals surface area contributed by atoms with Gasteiger partial charge in [-0.15, -0.1) is 0 Å². The molecule has 9 nitrogen and oxygen atoms in total. The van der Waals surface area contributed by atoms with Crippen molar-refractivity contribution in [2.75, 3.05) is 47.5 Å². The quantitative estimate of drug-likeness (QED) is 0.0195. The number of rotatable bonds is 58. The molecular formula is C74H120NO8P. The third-order valence-corrected chi connectivity index (χ3v) is 14.2. The van der Waals surface area contributed by atoms with Gasteiger partial charge < -0.3 is 27.9 Å². The van der Waals surface area contributed by atoms with Crippen LogP contribution in [0.5, 0.6) is 0 Å². The van der Waals surface area contributed by atoms with Crippen LogP contribution in [0.4, 0.5) is 0 Å². The Morgan fingerprint density at radius 1 is 0.381 bits per heavy atom. The summed E-state index contributed by atoms with van der Waals surface area (Å²) in [6.07, 6.45) is 95.6. The van der Waals surface area contributed by atoms with Crippen LogP contribution in [0.2, 0.25) is 0 Å². The Morgan fingerprint density at radius 3 is 1.01 bits per heavy atom. The Morgan fingerprint density at radius 2 is 0.679 bits per heavy atom. The molecule has 0 aliphatic carbocycles. The van der Waals surface area contributed by atoms with Crippen LogP contribution < -0.4 is 4.89 Å². The highest BCUT2D eigenvalue weighted by Crippen LogP contribution is 2.38. The second kappa shape index (κ2) is 62.9. The number of unbranched alkanes of at least 4 members (excludes halogenated alkanes) is 16. The fourth-order valence-electron chi connectivity index (χ4n) is 8.20. The minimum atomic E-state index is -4.66. The summed E-state index contributed by atoms with van der Waals surface area (Å²) in [6.45, 7) is 4.05. The average molecular weight is 1180 g/mol. The summed E-state index contributed by atoms with van der Waals surface area (Å²) in [7, 11) is 1.12. The highest BCUT2D eigenvalue weighted by atomic mass is 31.2. The zero-order valence-corrected chi connectivity index (χ0v) is 54.7. The lowest BCUT2D eigenvalue weighted by atomic mass is 10.1. The van der Waals surface area contributed by atoms with Gasteiger partial charge in [0, 0.05) is 12.8 Å². The normalized spacial score (nSPS) is 14.3. The Labute approximate surface area is 515 Å². The number of carbonyl (C=O) groups is 2. The van der Waals surface area contributed by atoms with E-state index in [-0.39, 0.29) is 26.1 Å². The summed E-state index contributed by atoms with van der Waals surface area (Å²) < 4.78 is 34.2. The maximum absolute atomic E-state index is 12.8. The van der Waals surface area contributed by atoms with E-state index in [9.17, 15) is 19.0 Å². The monoisotopic (exact) mass is 1180 g/mol. The van der Waals surface area contributed by atoms with Crippen LogP contribution in [0.1, 0.15) is 232 Å². The van der Waals surface area contributed by atoms with Crippen LogP contribution in [-0.2, 0) is 32.7 Å². The molecule has 10 heteroatoms. The standard InChI is InChI=1S/C74H120NO8P/c1-6-8-10-12-14-16-18-20-22-24-26-27-28-29-30-31-32-33-34-35-36-37-38-39-40-41-42-43-44-45-46-47-49-51-53-55-57-59-61-63-65-67-74(77)83-72(71-82-84(78,79)81-69-68-75(3,4)5)70-80-73(76)66-64-62-60-58-56-54-52-50-48-25-23-21-19-17-15-13-11-9-7-2/h8,10,14-17,20-23,26-27,29-30,32-33,35-36,38-39,41-42,44-45,47,49,53,55,72H,6-7,9,11-13,18-19,24-25,28,31,34,37,40,43,46,48,50-52,54,56-71H2,1-5H3/b10-8-,16-14-,17-15-,22-20-,23-21-,27-26-,30-29-,33-32-,36-35-,39-38-,42-41-,45-44-,49-47-,55-53-. The molecule has 0 spiro atoms. The van der Waals surface area contributed by atoms with Crippen LogP contribution in [0.25, 0.3) is 0 Å². The molecule has 0 aliphatic heterocycles. The Hall–Kier alpha value is -4.63. The van der Waals surface area contributed by atoms with Gasteiger partial charge in [0.25, 0.3) is 7.82 Å². The maximum atomic E-state index is 12.8. The molecule has 0 aromatic carbocycles. The van der Waals surface area contributed by atoms with Gasteiger partial charge in [-0.05, 0) is 135 Å². The minimum Gasteiger partial charge on any atom is -0.756 e. The lowest BCUT2D eigenvalue weighted by Crippen LogP contribution is -2.37. The van der Waals surface area contributed by atoms with Gasteiger partial charge in [-0.1, -0.05) is 255 Å². The van der Waals surface area contributed by atoms with Gasteiger partial charge >= 0.3 is 11.9 Å². The number of quaternary nitrogens is 1. The zero-order valence-electron chi connectivity index (χ0n) is 53.8. The van der Waals surface area contributed by atoms with Crippen molar-refractivity contribution in [1.29, 1.82) is 0 Å². The summed E-state index contributed by atoms with van der Waals surface area (Å²) in [5.74, 6) is -0.878. The fourth-order valence-corrected chi connectivity index (χ4v) is 8.92. The van der Waals surface area contributed by atoms with Crippen LogP contribution in [0, 0.1) is 0 Å². The van der Waals surface area contributed by atoms with Crippen LogP contribution >= 0.6 is 7.82 Å². The first-order valence-electron chi connectivity index (χ1n) is 32.8. The molecule has 0 heterocycles. The lowest BCUT2D eigenvalue weighted by molar-refractivity contribution is -0.870. The second-order valence-corrected chi connectivity index (χ2v) is 23.8. The van der Waals surface area contributed by atoms with Crippen LogP contribution in [-0.4, -0.2) is 70.0 Å². The third kappa shape index (κ3) is 66.5. The molecule has 474 valence electrons. The van der Waals surface area contributed by atoms with Crippen molar-refractivity contribution in [3.8, 4) is 0 Å². The van der Waals surface area contributed by atoms with Gasteiger partial charge in [0.15, 0.2) is 6.10 Å². The number of allylic oxidation sites excluding steroid dienone is 28. The number of phosphoric ester groups is 1. The van der Waals surface area contributed by atoms with Crippen molar-refractivity contribution in [3.63, 3.8) is 0 Å². The number of nitrogens with zero attached hydrogens (tertiary/aromatic N) is 1. The molecule has 0 rings (SSSR count). The van der Waals surface area contributed by atoms with E-state index < -0.39 is 32.5 Å². The van der Waals surface area contributed by atoms with Gasteiger partial charge in [0.2, 0.25) is 0 Å². The molecule has 0 aromatic rings. The highest BCUT2D eigenvalue weighted by molar-refractivity contribution is 7.45. The van der Waals surface area contributed by atoms with Gasteiger partial charge in [0.05, 0.1) is 27.7 Å². The molecule has 0 N–H and O–H groups in total. The molecule has 0 saturated heterocycles. The molecule has 2 atom stereocenters. The molecule has 0 fully saturated rings. The van der Waals surface area contributed by atoms with E-state index in [0.29, 0.717) is 23.9 Å². The SMILES string of the molecule is CC/C=C\C/C=C\C/C=C\C/C=C\C/C=C\C/C=C\C/C=C\C/C=C\C/C=C\C/C=C\C/C=C\C/C=C\CCCCCCC(=O)OC(COC(=O)CCCCCCCCCCC/C=C\C/C=C\CCCCC)COP(=O)([O-])OCC[N+](C)(C)C. The van der Waals surface area contributed by atoms with E-state index in [0.717, 1.165) is 135 Å². The van der Waals surface area contributed by atoms with Crippen molar-refractivity contribution in [2.45, 2.75) is 238 Å². The van der Waals surface area contributed by atoms with Gasteiger partial charge in [-0.2, -0.15) is 0 Å². The number of hydrogen-bond acceptors (Lipinski definition) is 8. The van der Waals surface area contributed by atoms with E-state index >= 15 is 0 Å². The number of carbonyl (C=O) groups excluding carboxylic acids is 2.